The lowest BCUT2D eigenvalue weighted by atomic mass is 10.1. The minimum absolute atomic E-state index is 0.0973. The summed E-state index contributed by atoms with van der Waals surface area (Å²) >= 11 is 0. The molecular weight excluding hydrogens is 255 g/mol. The van der Waals surface area contributed by atoms with Crippen LogP contribution in [0.5, 0.6) is 0 Å². The van der Waals surface area contributed by atoms with Gasteiger partial charge >= 0.3 is 6.18 Å². The highest BCUT2D eigenvalue weighted by Gasteiger charge is 2.28. The van der Waals surface area contributed by atoms with E-state index in [2.05, 4.69) is 10.3 Å². The van der Waals surface area contributed by atoms with Gasteiger partial charge in [0.1, 0.15) is 5.82 Å². The van der Waals surface area contributed by atoms with Crippen LogP contribution >= 0.6 is 0 Å². The van der Waals surface area contributed by atoms with Gasteiger partial charge in [0.25, 0.3) is 0 Å². The summed E-state index contributed by atoms with van der Waals surface area (Å²) in [5.74, 6) is 0.846. The van der Waals surface area contributed by atoms with Crippen LogP contribution in [-0.4, -0.2) is 28.3 Å². The molecule has 1 heterocycles. The number of imidazole rings is 1. The molecule has 1 aromatic rings. The molecule has 0 spiro atoms. The summed E-state index contributed by atoms with van der Waals surface area (Å²) in [5, 5.41) is 3.18. The first-order valence-electron chi connectivity index (χ1n) is 6.76. The first-order chi connectivity index (χ1) is 8.96. The van der Waals surface area contributed by atoms with Crippen LogP contribution < -0.4 is 5.32 Å². The normalized spacial score (nSPS) is 13.7. The summed E-state index contributed by atoms with van der Waals surface area (Å²) in [7, 11) is 0. The van der Waals surface area contributed by atoms with Gasteiger partial charge < -0.3 is 9.88 Å². The topological polar surface area (TPSA) is 29.9 Å². The Morgan fingerprint density at radius 1 is 1.37 bits per heavy atom. The molecule has 0 saturated carbocycles. The molecule has 1 rings (SSSR count). The highest BCUT2D eigenvalue weighted by Crippen LogP contribution is 2.23. The molecule has 1 unspecified atom stereocenters. The van der Waals surface area contributed by atoms with Crippen molar-refractivity contribution < 1.29 is 13.2 Å². The molecule has 1 aromatic heterocycles. The van der Waals surface area contributed by atoms with Crippen LogP contribution in [0.15, 0.2) is 12.4 Å². The van der Waals surface area contributed by atoms with Crippen molar-refractivity contribution in [2.24, 2.45) is 0 Å². The summed E-state index contributed by atoms with van der Waals surface area (Å²) in [5.41, 5.74) is 0. The van der Waals surface area contributed by atoms with E-state index in [1.54, 1.807) is 6.20 Å². The first kappa shape index (κ1) is 16.0. The largest absolute Gasteiger partial charge is 0.389 e. The van der Waals surface area contributed by atoms with Crippen molar-refractivity contribution in [3.8, 4) is 0 Å². The van der Waals surface area contributed by atoms with E-state index >= 15 is 0 Å². The molecule has 6 heteroatoms. The fraction of sp³-hybridized carbons (Fsp3) is 0.769. The van der Waals surface area contributed by atoms with Gasteiger partial charge in [-0.15, -0.1) is 0 Å². The van der Waals surface area contributed by atoms with Crippen molar-refractivity contribution in [1.82, 2.24) is 14.9 Å². The van der Waals surface area contributed by atoms with Crippen molar-refractivity contribution in [3.05, 3.63) is 18.2 Å². The predicted molar refractivity (Wildman–Crippen MR) is 69.0 cm³/mol. The Hall–Kier alpha value is -1.04. The van der Waals surface area contributed by atoms with Crippen LogP contribution in [0.1, 0.15) is 38.9 Å². The highest BCUT2D eigenvalue weighted by atomic mass is 19.4. The molecule has 110 valence electrons. The number of aromatic nitrogens is 2. The average Bonchev–Trinajstić information content (AvgIpc) is 2.78. The van der Waals surface area contributed by atoms with Crippen molar-refractivity contribution in [2.75, 3.05) is 6.54 Å². The maximum Gasteiger partial charge on any atom is 0.389 e. The Labute approximate surface area is 112 Å². The quantitative estimate of drug-likeness (QED) is 0.791. The molecule has 19 heavy (non-hydrogen) atoms. The molecule has 0 aliphatic carbocycles. The Morgan fingerprint density at radius 3 is 2.68 bits per heavy atom. The lowest BCUT2D eigenvalue weighted by Gasteiger charge is -2.19. The Bertz CT molecular complexity index is 360. The van der Waals surface area contributed by atoms with E-state index in [9.17, 15) is 13.2 Å². The van der Waals surface area contributed by atoms with Gasteiger partial charge in [-0.3, -0.25) is 0 Å². The predicted octanol–water partition coefficient (Wildman–Crippen LogP) is 3.16. The van der Waals surface area contributed by atoms with Crippen molar-refractivity contribution in [3.63, 3.8) is 0 Å². The monoisotopic (exact) mass is 277 g/mol. The number of alkyl halides is 3. The van der Waals surface area contributed by atoms with Gasteiger partial charge in [0.15, 0.2) is 0 Å². The molecule has 0 aliphatic heterocycles. The third-order valence-electron chi connectivity index (χ3n) is 3.03. The van der Waals surface area contributed by atoms with Crippen LogP contribution in [0, 0.1) is 0 Å². The third kappa shape index (κ3) is 6.09. The highest BCUT2D eigenvalue weighted by molar-refractivity contribution is 4.95. The SMILES string of the molecule is CCCNC(CCC(F)(F)F)Cc1nccn1CC. The molecule has 1 atom stereocenters. The Morgan fingerprint density at radius 2 is 2.11 bits per heavy atom. The van der Waals surface area contributed by atoms with Gasteiger partial charge in [-0.05, 0) is 26.3 Å². The molecule has 0 aliphatic rings. The number of nitrogens with zero attached hydrogens (tertiary/aromatic N) is 2. The number of hydrogen-bond donors (Lipinski definition) is 1. The van der Waals surface area contributed by atoms with Crippen LogP contribution in [0.3, 0.4) is 0 Å². The number of halogens is 3. The lowest BCUT2D eigenvalue weighted by molar-refractivity contribution is -0.136. The van der Waals surface area contributed by atoms with Crippen molar-refractivity contribution in [2.45, 2.75) is 58.3 Å². The van der Waals surface area contributed by atoms with Crippen molar-refractivity contribution >= 4 is 0 Å². The van der Waals surface area contributed by atoms with Crippen LogP contribution in [0.2, 0.25) is 0 Å². The van der Waals surface area contributed by atoms with E-state index in [0.717, 1.165) is 25.3 Å². The zero-order valence-corrected chi connectivity index (χ0v) is 11.5. The molecule has 0 radical (unpaired) electrons. The molecule has 0 amide bonds. The summed E-state index contributed by atoms with van der Waals surface area (Å²) in [6, 6.07) is -0.172. The minimum atomic E-state index is -4.09. The van der Waals surface area contributed by atoms with Crippen LogP contribution in [-0.2, 0) is 13.0 Å². The van der Waals surface area contributed by atoms with Crippen LogP contribution in [0.25, 0.3) is 0 Å². The van der Waals surface area contributed by atoms with Gasteiger partial charge in [0.2, 0.25) is 0 Å². The second kappa shape index (κ2) is 7.53. The number of nitrogens with one attached hydrogen (secondary N) is 1. The standard InChI is InChI=1S/C13H22F3N3/c1-3-7-17-11(5-6-13(14,15)16)10-12-18-8-9-19(12)4-2/h8-9,11,17H,3-7,10H2,1-2H3. The fourth-order valence-corrected chi connectivity index (χ4v) is 2.00. The van der Waals surface area contributed by atoms with E-state index in [-0.39, 0.29) is 12.5 Å². The first-order valence-corrected chi connectivity index (χ1v) is 6.76. The molecule has 1 N–H and O–H groups in total. The van der Waals surface area contributed by atoms with Gasteiger partial charge in [-0.25, -0.2) is 4.98 Å². The summed E-state index contributed by atoms with van der Waals surface area (Å²) in [6.07, 6.45) is 0.255. The maximum atomic E-state index is 12.3. The van der Waals surface area contributed by atoms with E-state index in [4.69, 9.17) is 0 Å². The molecule has 3 nitrogen and oxygen atoms in total. The van der Waals surface area contributed by atoms with Crippen LogP contribution in [0.4, 0.5) is 13.2 Å². The zero-order valence-electron chi connectivity index (χ0n) is 11.5. The Kier molecular flexibility index (Phi) is 6.34. The number of hydrogen-bond acceptors (Lipinski definition) is 2. The second-order valence-corrected chi connectivity index (χ2v) is 4.64. The molecule has 0 saturated heterocycles. The molecule has 0 aromatic carbocycles. The fourth-order valence-electron chi connectivity index (χ4n) is 2.00. The van der Waals surface area contributed by atoms with Gasteiger partial charge in [0.05, 0.1) is 0 Å². The van der Waals surface area contributed by atoms with E-state index in [0.29, 0.717) is 6.42 Å². The average molecular weight is 277 g/mol. The number of rotatable bonds is 8. The smallest absolute Gasteiger partial charge is 0.335 e. The summed E-state index contributed by atoms with van der Waals surface area (Å²) in [6.45, 7) is 5.51. The maximum absolute atomic E-state index is 12.3. The zero-order chi connectivity index (χ0) is 14.3. The second-order valence-electron chi connectivity index (χ2n) is 4.64. The third-order valence-corrected chi connectivity index (χ3v) is 3.03. The van der Waals surface area contributed by atoms with E-state index < -0.39 is 12.6 Å². The van der Waals surface area contributed by atoms with E-state index in [1.807, 2.05) is 24.6 Å². The van der Waals surface area contributed by atoms with Gasteiger partial charge in [-0.1, -0.05) is 6.92 Å². The molecular formula is C13H22F3N3. The minimum Gasteiger partial charge on any atom is -0.335 e. The molecule has 0 fully saturated rings. The van der Waals surface area contributed by atoms with Gasteiger partial charge in [-0.2, -0.15) is 13.2 Å². The Balaban J connectivity index is 2.58. The summed E-state index contributed by atoms with van der Waals surface area (Å²) in [4.78, 5) is 4.22. The lowest BCUT2D eigenvalue weighted by Crippen LogP contribution is -2.34. The van der Waals surface area contributed by atoms with E-state index in [1.165, 1.54) is 0 Å². The van der Waals surface area contributed by atoms with Crippen molar-refractivity contribution in [1.29, 1.82) is 0 Å². The number of aryl methyl sites for hydroxylation is 1. The summed E-state index contributed by atoms with van der Waals surface area (Å²) < 4.78 is 38.9. The van der Waals surface area contributed by atoms with Gasteiger partial charge in [0, 0.05) is 37.8 Å². The molecule has 0 bridgehead atoms.